The lowest BCUT2D eigenvalue weighted by molar-refractivity contribution is 0.0950. The highest BCUT2D eigenvalue weighted by atomic mass is 16.1. The quantitative estimate of drug-likeness (QED) is 0.828. The van der Waals surface area contributed by atoms with E-state index >= 15 is 0 Å². The maximum atomic E-state index is 11.9. The molecule has 2 nitrogen and oxygen atoms in total. The maximum absolute atomic E-state index is 11.9. The van der Waals surface area contributed by atoms with E-state index in [0.717, 1.165) is 24.0 Å². The predicted molar refractivity (Wildman–Crippen MR) is 65.8 cm³/mol. The summed E-state index contributed by atoms with van der Waals surface area (Å²) in [5, 5.41) is 3.02. The van der Waals surface area contributed by atoms with Gasteiger partial charge in [-0.25, -0.2) is 0 Å². The van der Waals surface area contributed by atoms with Crippen molar-refractivity contribution in [3.8, 4) is 0 Å². The summed E-state index contributed by atoms with van der Waals surface area (Å²) >= 11 is 0. The molecule has 0 saturated heterocycles. The van der Waals surface area contributed by atoms with Crippen LogP contribution in [0.25, 0.3) is 0 Å². The number of carbonyl (C=O) groups is 1. The SMILES string of the molecule is Cc1cc(C(C)C)ccc1C(=O)NC1CC1. The van der Waals surface area contributed by atoms with Crippen LogP contribution in [0.3, 0.4) is 0 Å². The first-order chi connectivity index (χ1) is 7.58. The van der Waals surface area contributed by atoms with Gasteiger partial charge in [0.25, 0.3) is 5.91 Å². The van der Waals surface area contributed by atoms with E-state index in [2.05, 4.69) is 31.3 Å². The second-order valence-corrected chi connectivity index (χ2v) is 4.98. The van der Waals surface area contributed by atoms with E-state index in [1.165, 1.54) is 5.56 Å². The largest absolute Gasteiger partial charge is 0.349 e. The van der Waals surface area contributed by atoms with Crippen molar-refractivity contribution in [3.63, 3.8) is 0 Å². The van der Waals surface area contributed by atoms with Gasteiger partial charge in [-0.2, -0.15) is 0 Å². The summed E-state index contributed by atoms with van der Waals surface area (Å²) in [5.41, 5.74) is 3.18. The molecule has 0 atom stereocenters. The van der Waals surface area contributed by atoms with Gasteiger partial charge in [0.15, 0.2) is 0 Å². The monoisotopic (exact) mass is 217 g/mol. The Labute approximate surface area is 97.1 Å². The van der Waals surface area contributed by atoms with Crippen molar-refractivity contribution in [1.29, 1.82) is 0 Å². The van der Waals surface area contributed by atoms with Crippen LogP contribution in [0.1, 0.15) is 54.1 Å². The van der Waals surface area contributed by atoms with Crippen molar-refractivity contribution in [1.82, 2.24) is 5.32 Å². The van der Waals surface area contributed by atoms with E-state index < -0.39 is 0 Å². The number of aryl methyl sites for hydroxylation is 1. The highest BCUT2D eigenvalue weighted by molar-refractivity contribution is 5.96. The van der Waals surface area contributed by atoms with Gasteiger partial charge in [0, 0.05) is 11.6 Å². The standard InChI is InChI=1S/C14H19NO/c1-9(2)11-4-7-13(10(3)8-11)14(16)15-12-5-6-12/h4,7-9,12H,5-6H2,1-3H3,(H,15,16). The first-order valence-corrected chi connectivity index (χ1v) is 5.99. The van der Waals surface area contributed by atoms with Crippen LogP contribution >= 0.6 is 0 Å². The van der Waals surface area contributed by atoms with Gasteiger partial charge in [-0.05, 0) is 42.9 Å². The molecule has 1 amide bonds. The van der Waals surface area contributed by atoms with Gasteiger partial charge in [0.05, 0.1) is 0 Å². The average Bonchev–Trinajstić information content (AvgIpc) is 3.01. The zero-order valence-corrected chi connectivity index (χ0v) is 10.2. The Kier molecular flexibility index (Phi) is 2.99. The number of hydrogen-bond donors (Lipinski definition) is 1. The molecule has 2 heteroatoms. The molecular weight excluding hydrogens is 198 g/mol. The van der Waals surface area contributed by atoms with Crippen LogP contribution in [-0.2, 0) is 0 Å². The first kappa shape index (κ1) is 11.2. The zero-order chi connectivity index (χ0) is 11.7. The van der Waals surface area contributed by atoms with Crippen LogP contribution in [0.15, 0.2) is 18.2 Å². The van der Waals surface area contributed by atoms with Crippen molar-refractivity contribution in [2.45, 2.75) is 45.6 Å². The molecule has 2 rings (SSSR count). The van der Waals surface area contributed by atoms with Crippen molar-refractivity contribution in [2.24, 2.45) is 0 Å². The third-order valence-electron chi connectivity index (χ3n) is 3.07. The number of hydrogen-bond acceptors (Lipinski definition) is 1. The van der Waals surface area contributed by atoms with Gasteiger partial charge in [-0.1, -0.05) is 26.0 Å². The summed E-state index contributed by atoms with van der Waals surface area (Å²) in [6, 6.07) is 6.55. The average molecular weight is 217 g/mol. The van der Waals surface area contributed by atoms with Gasteiger partial charge in [0.2, 0.25) is 0 Å². The summed E-state index contributed by atoms with van der Waals surface area (Å²) in [7, 11) is 0. The smallest absolute Gasteiger partial charge is 0.251 e. The number of nitrogens with one attached hydrogen (secondary N) is 1. The van der Waals surface area contributed by atoms with Gasteiger partial charge in [-0.15, -0.1) is 0 Å². The Morgan fingerprint density at radius 2 is 2.06 bits per heavy atom. The predicted octanol–water partition coefficient (Wildman–Crippen LogP) is 3.01. The lowest BCUT2D eigenvalue weighted by Crippen LogP contribution is -2.26. The van der Waals surface area contributed by atoms with Crippen LogP contribution < -0.4 is 5.32 Å². The molecular formula is C14H19NO. The molecule has 1 saturated carbocycles. The van der Waals surface area contributed by atoms with Gasteiger partial charge < -0.3 is 5.32 Å². The Hall–Kier alpha value is -1.31. The molecule has 0 heterocycles. The van der Waals surface area contributed by atoms with Crippen molar-refractivity contribution >= 4 is 5.91 Å². The van der Waals surface area contributed by atoms with Crippen LogP contribution in [0.5, 0.6) is 0 Å². The number of amides is 1. The lowest BCUT2D eigenvalue weighted by Gasteiger charge is -2.10. The highest BCUT2D eigenvalue weighted by Crippen LogP contribution is 2.21. The van der Waals surface area contributed by atoms with Crippen molar-refractivity contribution < 1.29 is 4.79 Å². The van der Waals surface area contributed by atoms with E-state index in [9.17, 15) is 4.79 Å². The minimum atomic E-state index is 0.0790. The number of rotatable bonds is 3. The van der Waals surface area contributed by atoms with Gasteiger partial charge in [-0.3, -0.25) is 4.79 Å². The van der Waals surface area contributed by atoms with E-state index in [4.69, 9.17) is 0 Å². The fourth-order valence-electron chi connectivity index (χ4n) is 1.79. The molecule has 16 heavy (non-hydrogen) atoms. The Balaban J connectivity index is 2.17. The van der Waals surface area contributed by atoms with Gasteiger partial charge in [0.1, 0.15) is 0 Å². The molecule has 0 radical (unpaired) electrons. The summed E-state index contributed by atoms with van der Waals surface area (Å²) in [6.07, 6.45) is 2.27. The van der Waals surface area contributed by atoms with Gasteiger partial charge >= 0.3 is 0 Å². The third-order valence-corrected chi connectivity index (χ3v) is 3.07. The highest BCUT2D eigenvalue weighted by Gasteiger charge is 2.24. The molecule has 1 fully saturated rings. The minimum absolute atomic E-state index is 0.0790. The molecule has 0 bridgehead atoms. The van der Waals surface area contributed by atoms with E-state index in [1.807, 2.05) is 13.0 Å². The van der Waals surface area contributed by atoms with Crippen LogP contribution in [0, 0.1) is 6.92 Å². The Morgan fingerprint density at radius 3 is 2.56 bits per heavy atom. The Morgan fingerprint density at radius 1 is 1.38 bits per heavy atom. The van der Waals surface area contributed by atoms with Crippen LogP contribution in [0.4, 0.5) is 0 Å². The van der Waals surface area contributed by atoms with Crippen LogP contribution in [0.2, 0.25) is 0 Å². The minimum Gasteiger partial charge on any atom is -0.349 e. The molecule has 0 unspecified atom stereocenters. The number of benzene rings is 1. The van der Waals surface area contributed by atoms with Crippen LogP contribution in [-0.4, -0.2) is 11.9 Å². The molecule has 0 spiro atoms. The fourth-order valence-corrected chi connectivity index (χ4v) is 1.79. The summed E-state index contributed by atoms with van der Waals surface area (Å²) in [4.78, 5) is 11.9. The normalized spacial score (nSPS) is 15.2. The molecule has 86 valence electrons. The summed E-state index contributed by atoms with van der Waals surface area (Å²) in [5.74, 6) is 0.592. The molecule has 1 N–H and O–H groups in total. The van der Waals surface area contributed by atoms with E-state index in [0.29, 0.717) is 12.0 Å². The molecule has 1 aliphatic rings. The molecule has 0 aliphatic heterocycles. The maximum Gasteiger partial charge on any atom is 0.251 e. The second-order valence-electron chi connectivity index (χ2n) is 4.98. The molecule has 1 aromatic rings. The summed E-state index contributed by atoms with van der Waals surface area (Å²) < 4.78 is 0. The first-order valence-electron chi connectivity index (χ1n) is 5.99. The fraction of sp³-hybridized carbons (Fsp3) is 0.500. The molecule has 1 aliphatic carbocycles. The van der Waals surface area contributed by atoms with E-state index in [1.54, 1.807) is 0 Å². The van der Waals surface area contributed by atoms with Crippen molar-refractivity contribution in [2.75, 3.05) is 0 Å². The molecule has 0 aromatic heterocycles. The Bertz CT molecular complexity index is 405. The topological polar surface area (TPSA) is 29.1 Å². The second kappa shape index (κ2) is 4.28. The number of carbonyl (C=O) groups excluding carboxylic acids is 1. The third kappa shape index (κ3) is 2.43. The summed E-state index contributed by atoms with van der Waals surface area (Å²) in [6.45, 7) is 6.34. The lowest BCUT2D eigenvalue weighted by atomic mass is 9.98. The zero-order valence-electron chi connectivity index (χ0n) is 10.2. The van der Waals surface area contributed by atoms with E-state index in [-0.39, 0.29) is 5.91 Å². The molecule has 1 aromatic carbocycles. The van der Waals surface area contributed by atoms with Crippen molar-refractivity contribution in [3.05, 3.63) is 34.9 Å².